The molecule has 0 saturated carbocycles. The Kier molecular flexibility index (Phi) is 7.07. The number of ether oxygens (including phenoxy) is 1. The Morgan fingerprint density at radius 3 is 2.94 bits per heavy atom. The predicted octanol–water partition coefficient (Wildman–Crippen LogP) is 3.08. The van der Waals surface area contributed by atoms with Crippen molar-refractivity contribution < 1.29 is 4.74 Å². The van der Waals surface area contributed by atoms with Gasteiger partial charge in [-0.15, -0.1) is 0 Å². The van der Waals surface area contributed by atoms with Crippen LogP contribution in [0, 0.1) is 0 Å². The number of rotatable bonds is 8. The van der Waals surface area contributed by atoms with Crippen molar-refractivity contribution in [2.75, 3.05) is 6.61 Å². The summed E-state index contributed by atoms with van der Waals surface area (Å²) in [6, 6.07) is 8.07. The average molecular weight is 234 g/mol. The summed E-state index contributed by atoms with van der Waals surface area (Å²) in [5.41, 5.74) is 2.18. The molecule has 94 valence electrons. The molecule has 3 nitrogen and oxygen atoms in total. The van der Waals surface area contributed by atoms with Crippen LogP contribution in [-0.4, -0.2) is 12.8 Å². The lowest BCUT2D eigenvalue weighted by molar-refractivity contribution is 0.117. The molecule has 1 rings (SSSR count). The quantitative estimate of drug-likeness (QED) is 0.325. The van der Waals surface area contributed by atoms with Crippen LogP contribution in [0.15, 0.2) is 29.4 Å². The summed E-state index contributed by atoms with van der Waals surface area (Å²) in [6.45, 7) is 3.72. The van der Waals surface area contributed by atoms with Crippen LogP contribution < -0.4 is 5.84 Å². The second-order valence-electron chi connectivity index (χ2n) is 4.14. The summed E-state index contributed by atoms with van der Waals surface area (Å²) < 4.78 is 5.62. The molecule has 0 amide bonds. The highest BCUT2D eigenvalue weighted by Gasteiger charge is 1.95. The van der Waals surface area contributed by atoms with Gasteiger partial charge in [0.25, 0.3) is 0 Å². The minimum absolute atomic E-state index is 0.665. The Morgan fingerprint density at radius 2 is 2.18 bits per heavy atom. The van der Waals surface area contributed by atoms with Gasteiger partial charge in [0, 0.05) is 6.61 Å². The molecule has 1 aromatic carbocycles. The SMILES string of the molecule is CCCCCCOCc1cccc(C=NN)c1. The van der Waals surface area contributed by atoms with Crippen molar-refractivity contribution in [1.29, 1.82) is 0 Å². The molecule has 0 heterocycles. The van der Waals surface area contributed by atoms with E-state index in [-0.39, 0.29) is 0 Å². The van der Waals surface area contributed by atoms with Gasteiger partial charge in [0.15, 0.2) is 0 Å². The lowest BCUT2D eigenvalue weighted by atomic mass is 10.1. The molecule has 0 radical (unpaired) electrons. The molecular formula is C14H22N2O. The Morgan fingerprint density at radius 1 is 1.29 bits per heavy atom. The van der Waals surface area contributed by atoms with E-state index in [0.717, 1.165) is 24.2 Å². The fourth-order valence-corrected chi connectivity index (χ4v) is 1.67. The summed E-state index contributed by atoms with van der Waals surface area (Å²) in [4.78, 5) is 0. The monoisotopic (exact) mass is 234 g/mol. The molecule has 0 bridgehead atoms. The maximum Gasteiger partial charge on any atom is 0.0717 e. The van der Waals surface area contributed by atoms with Gasteiger partial charge < -0.3 is 10.6 Å². The number of benzene rings is 1. The van der Waals surface area contributed by atoms with E-state index in [2.05, 4.69) is 18.1 Å². The van der Waals surface area contributed by atoms with Crippen LogP contribution in [0.1, 0.15) is 43.7 Å². The molecule has 2 N–H and O–H groups in total. The number of hydrogen-bond acceptors (Lipinski definition) is 3. The third-order valence-electron chi connectivity index (χ3n) is 2.59. The average Bonchev–Trinajstić information content (AvgIpc) is 2.35. The molecule has 0 aliphatic carbocycles. The van der Waals surface area contributed by atoms with E-state index < -0.39 is 0 Å². The van der Waals surface area contributed by atoms with Crippen molar-refractivity contribution in [3.63, 3.8) is 0 Å². The van der Waals surface area contributed by atoms with E-state index in [1.165, 1.54) is 19.3 Å². The first-order valence-corrected chi connectivity index (χ1v) is 6.26. The van der Waals surface area contributed by atoms with E-state index in [0.29, 0.717) is 6.61 Å². The van der Waals surface area contributed by atoms with Crippen molar-refractivity contribution in [1.82, 2.24) is 0 Å². The molecule has 0 saturated heterocycles. The lowest BCUT2D eigenvalue weighted by Crippen LogP contribution is -1.96. The highest BCUT2D eigenvalue weighted by Crippen LogP contribution is 2.06. The van der Waals surface area contributed by atoms with Crippen LogP contribution in [0.25, 0.3) is 0 Å². The largest absolute Gasteiger partial charge is 0.377 e. The van der Waals surface area contributed by atoms with Gasteiger partial charge in [-0.2, -0.15) is 5.10 Å². The van der Waals surface area contributed by atoms with Crippen molar-refractivity contribution in [2.45, 2.75) is 39.2 Å². The minimum atomic E-state index is 0.665. The van der Waals surface area contributed by atoms with Gasteiger partial charge in [-0.25, -0.2) is 0 Å². The number of nitrogens with two attached hydrogens (primary N) is 1. The van der Waals surface area contributed by atoms with Crippen molar-refractivity contribution >= 4 is 6.21 Å². The van der Waals surface area contributed by atoms with E-state index in [1.807, 2.05) is 18.2 Å². The molecular weight excluding hydrogens is 212 g/mol. The topological polar surface area (TPSA) is 47.6 Å². The highest BCUT2D eigenvalue weighted by molar-refractivity contribution is 5.79. The maximum absolute atomic E-state index is 5.62. The first-order valence-electron chi connectivity index (χ1n) is 6.26. The molecule has 0 spiro atoms. The van der Waals surface area contributed by atoms with Gasteiger partial charge in [-0.3, -0.25) is 0 Å². The fraction of sp³-hybridized carbons (Fsp3) is 0.500. The van der Waals surface area contributed by atoms with Crippen molar-refractivity contribution in [2.24, 2.45) is 10.9 Å². The number of unbranched alkanes of at least 4 members (excludes halogenated alkanes) is 3. The Bertz CT molecular complexity index is 337. The van der Waals surface area contributed by atoms with Gasteiger partial charge in [0.2, 0.25) is 0 Å². The smallest absolute Gasteiger partial charge is 0.0717 e. The van der Waals surface area contributed by atoms with Crippen LogP contribution in [0.2, 0.25) is 0 Å². The zero-order valence-corrected chi connectivity index (χ0v) is 10.6. The standard InChI is InChI=1S/C14H22N2O/c1-2-3-4-5-9-17-12-14-8-6-7-13(10-14)11-16-15/h6-8,10-11H,2-5,9,12,15H2,1H3. The Labute approximate surface area is 104 Å². The fourth-order valence-electron chi connectivity index (χ4n) is 1.67. The van der Waals surface area contributed by atoms with Gasteiger partial charge in [-0.1, -0.05) is 44.4 Å². The van der Waals surface area contributed by atoms with Crippen molar-refractivity contribution in [3.8, 4) is 0 Å². The number of hydrazone groups is 1. The van der Waals surface area contributed by atoms with E-state index in [4.69, 9.17) is 10.6 Å². The molecule has 0 aromatic heterocycles. The maximum atomic E-state index is 5.62. The molecule has 0 atom stereocenters. The molecule has 17 heavy (non-hydrogen) atoms. The van der Waals surface area contributed by atoms with Crippen LogP contribution in [0.4, 0.5) is 0 Å². The van der Waals surface area contributed by atoms with E-state index in [9.17, 15) is 0 Å². The molecule has 0 fully saturated rings. The summed E-state index contributed by atoms with van der Waals surface area (Å²) in [5, 5.41) is 3.51. The normalized spacial score (nSPS) is 11.1. The zero-order valence-electron chi connectivity index (χ0n) is 10.6. The summed E-state index contributed by atoms with van der Waals surface area (Å²) >= 11 is 0. The van der Waals surface area contributed by atoms with Gasteiger partial charge in [0.05, 0.1) is 12.8 Å². The number of nitrogens with zero attached hydrogens (tertiary/aromatic N) is 1. The van der Waals surface area contributed by atoms with Crippen LogP contribution in [0.3, 0.4) is 0 Å². The van der Waals surface area contributed by atoms with Crippen molar-refractivity contribution in [3.05, 3.63) is 35.4 Å². The third-order valence-corrected chi connectivity index (χ3v) is 2.59. The second-order valence-corrected chi connectivity index (χ2v) is 4.14. The van der Waals surface area contributed by atoms with E-state index in [1.54, 1.807) is 6.21 Å². The third kappa shape index (κ3) is 6.07. The Hall–Kier alpha value is -1.35. The molecule has 0 aliphatic rings. The van der Waals surface area contributed by atoms with Gasteiger partial charge >= 0.3 is 0 Å². The molecule has 1 aromatic rings. The first kappa shape index (κ1) is 13.7. The van der Waals surface area contributed by atoms with E-state index >= 15 is 0 Å². The zero-order chi connectivity index (χ0) is 12.3. The molecule has 0 unspecified atom stereocenters. The van der Waals surface area contributed by atoms with Gasteiger partial charge in [-0.05, 0) is 23.6 Å². The predicted molar refractivity (Wildman–Crippen MR) is 72.0 cm³/mol. The van der Waals surface area contributed by atoms with Crippen LogP contribution in [0.5, 0.6) is 0 Å². The minimum Gasteiger partial charge on any atom is -0.377 e. The van der Waals surface area contributed by atoms with Gasteiger partial charge in [0.1, 0.15) is 0 Å². The number of hydrogen-bond donors (Lipinski definition) is 1. The summed E-state index contributed by atoms with van der Waals surface area (Å²) in [5.74, 6) is 5.12. The first-order chi connectivity index (χ1) is 8.36. The molecule has 3 heteroatoms. The Balaban J connectivity index is 2.24. The highest BCUT2D eigenvalue weighted by atomic mass is 16.5. The second kappa shape index (κ2) is 8.76. The lowest BCUT2D eigenvalue weighted by Gasteiger charge is -2.04. The molecule has 0 aliphatic heterocycles. The van der Waals surface area contributed by atoms with Crippen LogP contribution >= 0.6 is 0 Å². The summed E-state index contributed by atoms with van der Waals surface area (Å²) in [7, 11) is 0. The summed E-state index contributed by atoms with van der Waals surface area (Å²) in [6.07, 6.45) is 6.62. The van der Waals surface area contributed by atoms with Crippen LogP contribution in [-0.2, 0) is 11.3 Å².